The number of benzene rings is 1. The van der Waals surface area contributed by atoms with Gasteiger partial charge in [0.1, 0.15) is 11.3 Å². The molecular formula is C15H17NO5. The molecule has 0 fully saturated rings. The van der Waals surface area contributed by atoms with Gasteiger partial charge >= 0.3 is 11.9 Å². The van der Waals surface area contributed by atoms with Crippen molar-refractivity contribution in [1.29, 1.82) is 0 Å². The maximum absolute atomic E-state index is 12.1. The summed E-state index contributed by atoms with van der Waals surface area (Å²) in [7, 11) is 6.12. The summed E-state index contributed by atoms with van der Waals surface area (Å²) >= 11 is 0. The number of hydrogen-bond acceptors (Lipinski definition) is 6. The van der Waals surface area contributed by atoms with Crippen LogP contribution in [0.3, 0.4) is 0 Å². The molecule has 6 heteroatoms. The molecule has 1 aliphatic heterocycles. The van der Waals surface area contributed by atoms with Gasteiger partial charge in [0.25, 0.3) is 0 Å². The highest BCUT2D eigenvalue weighted by molar-refractivity contribution is 6.01. The van der Waals surface area contributed by atoms with Crippen LogP contribution in [0.5, 0.6) is 5.75 Å². The molecule has 0 aromatic heterocycles. The quantitative estimate of drug-likeness (QED) is 0.782. The maximum Gasteiger partial charge on any atom is 0.374 e. The number of ether oxygens (including phenoxy) is 3. The lowest BCUT2D eigenvalue weighted by Gasteiger charge is -2.32. The zero-order valence-electron chi connectivity index (χ0n) is 12.4. The molecule has 0 bridgehead atoms. The van der Waals surface area contributed by atoms with Crippen molar-refractivity contribution >= 4 is 11.9 Å². The summed E-state index contributed by atoms with van der Waals surface area (Å²) in [5.41, 5.74) is 0.920. The summed E-state index contributed by atoms with van der Waals surface area (Å²) in [6.07, 6.45) is 0. The van der Waals surface area contributed by atoms with Gasteiger partial charge in [0.05, 0.1) is 20.3 Å². The van der Waals surface area contributed by atoms with Crippen LogP contribution in [0.2, 0.25) is 0 Å². The lowest BCUT2D eigenvalue weighted by atomic mass is 9.93. The Kier molecular flexibility index (Phi) is 4.28. The number of hydrogen-bond donors (Lipinski definition) is 0. The number of carbonyl (C=O) groups excluding carboxylic acids is 2. The standard InChI is InChI=1S/C15H17NO5/c1-16(2)12-9-7-5-6-8-10(9)21-13(15(18)20-4)11(12)14(17)19-3/h5-8,12H,1-4H3. The van der Waals surface area contributed by atoms with Crippen LogP contribution in [0.4, 0.5) is 0 Å². The van der Waals surface area contributed by atoms with Gasteiger partial charge in [0.15, 0.2) is 0 Å². The van der Waals surface area contributed by atoms with Crippen molar-refractivity contribution < 1.29 is 23.8 Å². The summed E-state index contributed by atoms with van der Waals surface area (Å²) in [6.45, 7) is 0. The predicted molar refractivity (Wildman–Crippen MR) is 74.6 cm³/mol. The molecule has 1 aromatic carbocycles. The Balaban J connectivity index is 2.67. The van der Waals surface area contributed by atoms with E-state index in [0.717, 1.165) is 5.56 Å². The third-order valence-electron chi connectivity index (χ3n) is 3.24. The molecule has 0 spiro atoms. The fraction of sp³-hybridized carbons (Fsp3) is 0.333. The Hall–Kier alpha value is -2.34. The van der Waals surface area contributed by atoms with Gasteiger partial charge in [-0.15, -0.1) is 0 Å². The minimum Gasteiger partial charge on any atom is -0.465 e. The van der Waals surface area contributed by atoms with Crippen molar-refractivity contribution in [1.82, 2.24) is 4.90 Å². The minimum atomic E-state index is -0.711. The number of methoxy groups -OCH3 is 2. The Morgan fingerprint density at radius 1 is 1.10 bits per heavy atom. The molecule has 0 radical (unpaired) electrons. The molecule has 1 aliphatic rings. The van der Waals surface area contributed by atoms with Gasteiger partial charge in [0.2, 0.25) is 5.76 Å². The number of nitrogens with zero attached hydrogens (tertiary/aromatic N) is 1. The average molecular weight is 291 g/mol. The van der Waals surface area contributed by atoms with Gasteiger partial charge in [-0.05, 0) is 20.2 Å². The van der Waals surface area contributed by atoms with E-state index in [9.17, 15) is 9.59 Å². The third-order valence-corrected chi connectivity index (χ3v) is 3.24. The summed E-state index contributed by atoms with van der Waals surface area (Å²) in [5.74, 6) is -0.952. The normalized spacial score (nSPS) is 17.1. The molecule has 1 aromatic rings. The molecule has 1 atom stereocenters. The van der Waals surface area contributed by atoms with Crippen molar-refractivity contribution in [3.63, 3.8) is 0 Å². The first-order valence-corrected chi connectivity index (χ1v) is 6.35. The Labute approximate surface area is 122 Å². The molecule has 0 amide bonds. The van der Waals surface area contributed by atoms with Gasteiger partial charge in [-0.2, -0.15) is 0 Å². The maximum atomic E-state index is 12.1. The number of esters is 2. The number of para-hydroxylation sites is 1. The van der Waals surface area contributed by atoms with Crippen LogP contribution < -0.4 is 4.74 Å². The van der Waals surface area contributed by atoms with Crippen molar-refractivity contribution in [3.8, 4) is 5.75 Å². The monoisotopic (exact) mass is 291 g/mol. The van der Waals surface area contributed by atoms with E-state index in [1.807, 2.05) is 31.1 Å². The van der Waals surface area contributed by atoms with Crippen molar-refractivity contribution in [2.75, 3.05) is 28.3 Å². The molecular weight excluding hydrogens is 274 g/mol. The lowest BCUT2D eigenvalue weighted by Crippen LogP contribution is -2.33. The highest BCUT2D eigenvalue weighted by Crippen LogP contribution is 2.40. The second kappa shape index (κ2) is 5.97. The Morgan fingerprint density at radius 2 is 1.71 bits per heavy atom. The number of likely N-dealkylation sites (N-methyl/N-ethyl adjacent to an activating group) is 1. The fourth-order valence-electron chi connectivity index (χ4n) is 2.34. The first kappa shape index (κ1) is 15.1. The molecule has 0 aliphatic carbocycles. The molecule has 1 heterocycles. The van der Waals surface area contributed by atoms with Crippen LogP contribution in [0, 0.1) is 0 Å². The van der Waals surface area contributed by atoms with E-state index < -0.39 is 18.0 Å². The molecule has 21 heavy (non-hydrogen) atoms. The fourth-order valence-corrected chi connectivity index (χ4v) is 2.34. The largest absolute Gasteiger partial charge is 0.465 e. The number of carbonyl (C=O) groups is 2. The minimum absolute atomic E-state index is 0.132. The van der Waals surface area contributed by atoms with Crippen LogP contribution in [-0.4, -0.2) is 45.2 Å². The highest BCUT2D eigenvalue weighted by Gasteiger charge is 2.39. The van der Waals surface area contributed by atoms with E-state index in [2.05, 4.69) is 0 Å². The van der Waals surface area contributed by atoms with Gasteiger partial charge in [0, 0.05) is 5.56 Å². The van der Waals surface area contributed by atoms with E-state index in [4.69, 9.17) is 14.2 Å². The molecule has 0 saturated carbocycles. The Morgan fingerprint density at radius 3 is 2.29 bits per heavy atom. The second-order valence-electron chi connectivity index (χ2n) is 4.73. The van der Waals surface area contributed by atoms with Gasteiger partial charge in [-0.1, -0.05) is 18.2 Å². The number of rotatable bonds is 3. The van der Waals surface area contributed by atoms with Gasteiger partial charge < -0.3 is 14.2 Å². The molecule has 2 rings (SSSR count). The molecule has 0 N–H and O–H groups in total. The van der Waals surface area contributed by atoms with E-state index in [0.29, 0.717) is 5.75 Å². The summed E-state index contributed by atoms with van der Waals surface area (Å²) < 4.78 is 15.1. The van der Waals surface area contributed by atoms with Crippen molar-refractivity contribution in [2.24, 2.45) is 0 Å². The average Bonchev–Trinajstić information content (AvgIpc) is 2.51. The van der Waals surface area contributed by atoms with E-state index in [1.54, 1.807) is 12.1 Å². The summed E-state index contributed by atoms with van der Waals surface area (Å²) in [4.78, 5) is 25.9. The molecule has 1 unspecified atom stereocenters. The highest BCUT2D eigenvalue weighted by atomic mass is 16.6. The zero-order chi connectivity index (χ0) is 15.6. The zero-order valence-corrected chi connectivity index (χ0v) is 12.4. The van der Waals surface area contributed by atoms with Crippen molar-refractivity contribution in [3.05, 3.63) is 41.2 Å². The smallest absolute Gasteiger partial charge is 0.374 e. The third kappa shape index (κ3) is 2.62. The van der Waals surface area contributed by atoms with Crippen LogP contribution in [0.15, 0.2) is 35.6 Å². The van der Waals surface area contributed by atoms with E-state index >= 15 is 0 Å². The predicted octanol–water partition coefficient (Wildman–Crippen LogP) is 1.28. The van der Waals surface area contributed by atoms with Crippen LogP contribution in [-0.2, 0) is 19.1 Å². The molecule has 0 saturated heterocycles. The van der Waals surface area contributed by atoms with E-state index in [-0.39, 0.29) is 11.3 Å². The van der Waals surface area contributed by atoms with Gasteiger partial charge in [-0.25, -0.2) is 9.59 Å². The topological polar surface area (TPSA) is 65.1 Å². The first-order valence-electron chi connectivity index (χ1n) is 6.35. The molecule has 6 nitrogen and oxygen atoms in total. The molecule has 112 valence electrons. The van der Waals surface area contributed by atoms with Crippen LogP contribution in [0.1, 0.15) is 11.6 Å². The van der Waals surface area contributed by atoms with E-state index in [1.165, 1.54) is 14.2 Å². The van der Waals surface area contributed by atoms with Gasteiger partial charge in [-0.3, -0.25) is 4.90 Å². The summed E-state index contributed by atoms with van der Waals surface area (Å²) in [6, 6.07) is 6.77. The second-order valence-corrected chi connectivity index (χ2v) is 4.73. The summed E-state index contributed by atoms with van der Waals surface area (Å²) in [5, 5.41) is 0. The number of fused-ring (bicyclic) bond motifs is 1. The SMILES string of the molecule is COC(=O)C1=C(C(=O)OC)C(N(C)C)c2ccccc2O1. The Bertz CT molecular complexity index is 606. The lowest BCUT2D eigenvalue weighted by molar-refractivity contribution is -0.142. The van der Waals surface area contributed by atoms with Crippen LogP contribution in [0.25, 0.3) is 0 Å². The first-order chi connectivity index (χ1) is 10.0. The van der Waals surface area contributed by atoms with Crippen molar-refractivity contribution in [2.45, 2.75) is 6.04 Å². The van der Waals surface area contributed by atoms with Crippen LogP contribution >= 0.6 is 0 Å².